The second kappa shape index (κ2) is 7.88. The number of hydrogen-bond donors (Lipinski definition) is 0. The van der Waals surface area contributed by atoms with E-state index in [1.807, 2.05) is 11.3 Å². The average Bonchev–Trinajstić information content (AvgIpc) is 3.10. The van der Waals surface area contributed by atoms with E-state index in [-0.39, 0.29) is 6.04 Å². The molecule has 2 saturated heterocycles. The quantitative estimate of drug-likeness (QED) is 0.787. The van der Waals surface area contributed by atoms with Gasteiger partial charge < -0.3 is 4.90 Å². The van der Waals surface area contributed by atoms with Gasteiger partial charge in [0, 0.05) is 25.6 Å². The topological polar surface area (TPSA) is 36.4 Å². The Morgan fingerprint density at radius 1 is 1.19 bits per heavy atom. The number of nitrogens with zero attached hydrogens (tertiary/aromatic N) is 3. The highest BCUT2D eigenvalue weighted by molar-refractivity contribution is 7.18. The SMILES string of the molecule is C[C@@H]1C[C@@H](C)CN(C(=O)[C@@H](C)N2CCC[C@H](c3nc4ccccc4s3)C2)C1. The van der Waals surface area contributed by atoms with Crippen LogP contribution in [0.2, 0.25) is 0 Å². The predicted octanol–water partition coefficient (Wildman–Crippen LogP) is 4.37. The fourth-order valence-corrected chi connectivity index (χ4v) is 5.98. The maximum Gasteiger partial charge on any atom is 0.239 e. The largest absolute Gasteiger partial charge is 0.341 e. The number of carbonyl (C=O) groups is 1. The lowest BCUT2D eigenvalue weighted by Gasteiger charge is -2.40. The van der Waals surface area contributed by atoms with Crippen molar-refractivity contribution in [3.63, 3.8) is 0 Å². The van der Waals surface area contributed by atoms with E-state index < -0.39 is 0 Å². The summed E-state index contributed by atoms with van der Waals surface area (Å²) in [5.74, 6) is 1.99. The molecule has 0 saturated carbocycles. The first-order chi connectivity index (χ1) is 13.0. The van der Waals surface area contributed by atoms with Crippen LogP contribution in [-0.4, -0.2) is 52.9 Å². The Balaban J connectivity index is 1.44. The molecular formula is C22H31N3OS. The highest BCUT2D eigenvalue weighted by atomic mass is 32.1. The number of benzene rings is 1. The molecule has 2 fully saturated rings. The van der Waals surface area contributed by atoms with Gasteiger partial charge >= 0.3 is 0 Å². The Morgan fingerprint density at radius 3 is 2.67 bits per heavy atom. The molecule has 2 aromatic rings. The Hall–Kier alpha value is -1.46. The van der Waals surface area contributed by atoms with Crippen LogP contribution in [0, 0.1) is 11.8 Å². The third-order valence-corrected chi connectivity index (χ3v) is 7.40. The summed E-state index contributed by atoms with van der Waals surface area (Å²) in [5, 5.41) is 1.24. The molecule has 0 bridgehead atoms. The molecule has 0 unspecified atom stereocenters. The molecule has 0 radical (unpaired) electrons. The van der Waals surface area contributed by atoms with Crippen molar-refractivity contribution in [3.8, 4) is 0 Å². The zero-order valence-corrected chi connectivity index (χ0v) is 17.5. The molecule has 2 aliphatic heterocycles. The first-order valence-corrected chi connectivity index (χ1v) is 11.2. The van der Waals surface area contributed by atoms with Crippen LogP contribution in [0.25, 0.3) is 10.2 Å². The van der Waals surface area contributed by atoms with Crippen LogP contribution in [0.4, 0.5) is 0 Å². The minimum atomic E-state index is -0.0281. The minimum absolute atomic E-state index is 0.0281. The normalized spacial score (nSPS) is 28.4. The fraction of sp³-hybridized carbons (Fsp3) is 0.636. The monoisotopic (exact) mass is 385 g/mol. The summed E-state index contributed by atoms with van der Waals surface area (Å²) >= 11 is 1.82. The van der Waals surface area contributed by atoms with E-state index in [1.165, 1.54) is 22.5 Å². The molecule has 4 atom stereocenters. The van der Waals surface area contributed by atoms with Gasteiger partial charge in [0.05, 0.1) is 21.3 Å². The average molecular weight is 386 g/mol. The second-order valence-electron chi connectivity index (χ2n) is 8.72. The number of thiazole rings is 1. The number of carbonyl (C=O) groups excluding carboxylic acids is 1. The summed E-state index contributed by atoms with van der Waals surface area (Å²) < 4.78 is 1.27. The van der Waals surface area contributed by atoms with Crippen LogP contribution in [0.5, 0.6) is 0 Å². The third kappa shape index (κ3) is 4.04. The van der Waals surface area contributed by atoms with E-state index in [9.17, 15) is 4.79 Å². The van der Waals surface area contributed by atoms with Crippen LogP contribution in [0.1, 0.15) is 51.0 Å². The van der Waals surface area contributed by atoms with Crippen molar-refractivity contribution in [1.82, 2.24) is 14.8 Å². The molecule has 27 heavy (non-hydrogen) atoms. The zero-order chi connectivity index (χ0) is 19.0. The van der Waals surface area contributed by atoms with E-state index in [2.05, 4.69) is 54.8 Å². The van der Waals surface area contributed by atoms with Crippen molar-refractivity contribution in [3.05, 3.63) is 29.3 Å². The van der Waals surface area contributed by atoms with E-state index >= 15 is 0 Å². The molecule has 1 amide bonds. The number of fused-ring (bicyclic) bond motifs is 1. The Bertz CT molecular complexity index is 761. The molecule has 0 N–H and O–H groups in total. The van der Waals surface area contributed by atoms with Gasteiger partial charge in [-0.3, -0.25) is 9.69 Å². The molecule has 0 spiro atoms. The highest BCUT2D eigenvalue weighted by Crippen LogP contribution is 2.34. The first-order valence-electron chi connectivity index (χ1n) is 10.4. The lowest BCUT2D eigenvalue weighted by atomic mass is 9.91. The van der Waals surface area contributed by atoms with Crippen LogP contribution in [-0.2, 0) is 4.79 Å². The molecule has 2 aliphatic rings. The molecule has 1 aromatic carbocycles. The summed E-state index contributed by atoms with van der Waals surface area (Å²) in [6.45, 7) is 10.5. The number of hydrogen-bond acceptors (Lipinski definition) is 4. The molecule has 4 rings (SSSR count). The van der Waals surface area contributed by atoms with Crippen LogP contribution >= 0.6 is 11.3 Å². The van der Waals surface area contributed by atoms with Crippen molar-refractivity contribution in [2.45, 2.75) is 52.0 Å². The number of piperidine rings is 2. The van der Waals surface area contributed by atoms with Gasteiger partial charge in [-0.25, -0.2) is 4.98 Å². The molecule has 0 aliphatic carbocycles. The number of rotatable bonds is 3. The van der Waals surface area contributed by atoms with Crippen molar-refractivity contribution in [2.75, 3.05) is 26.2 Å². The Labute approximate surface area is 166 Å². The summed E-state index contributed by atoms with van der Waals surface area (Å²) in [7, 11) is 0. The molecule has 5 heteroatoms. The van der Waals surface area contributed by atoms with Gasteiger partial charge in [0.25, 0.3) is 0 Å². The number of amides is 1. The smallest absolute Gasteiger partial charge is 0.239 e. The van der Waals surface area contributed by atoms with Crippen molar-refractivity contribution >= 4 is 27.5 Å². The van der Waals surface area contributed by atoms with Crippen molar-refractivity contribution < 1.29 is 4.79 Å². The fourth-order valence-electron chi connectivity index (χ4n) is 4.89. The number of likely N-dealkylation sites (tertiary alicyclic amines) is 2. The first kappa shape index (κ1) is 18.9. The standard InChI is InChI=1S/C22H31N3OS/c1-15-11-16(2)13-25(12-15)22(26)17(3)24-10-6-7-18(14-24)21-23-19-8-4-5-9-20(19)27-21/h4-5,8-9,15-18H,6-7,10-14H2,1-3H3/t15-,16-,17-,18+/m1/s1. The van der Waals surface area contributed by atoms with Gasteiger partial charge in [0.2, 0.25) is 5.91 Å². The van der Waals surface area contributed by atoms with Gasteiger partial charge in [0.1, 0.15) is 0 Å². The van der Waals surface area contributed by atoms with E-state index in [1.54, 1.807) is 0 Å². The molecule has 4 nitrogen and oxygen atoms in total. The molecular weight excluding hydrogens is 354 g/mol. The van der Waals surface area contributed by atoms with E-state index in [4.69, 9.17) is 4.98 Å². The van der Waals surface area contributed by atoms with Gasteiger partial charge in [-0.05, 0) is 56.7 Å². The summed E-state index contributed by atoms with van der Waals surface area (Å²) in [5.41, 5.74) is 1.11. The van der Waals surface area contributed by atoms with Crippen LogP contribution < -0.4 is 0 Å². The van der Waals surface area contributed by atoms with Crippen molar-refractivity contribution in [1.29, 1.82) is 0 Å². The Kier molecular flexibility index (Phi) is 5.51. The lowest BCUT2D eigenvalue weighted by molar-refractivity contribution is -0.139. The lowest BCUT2D eigenvalue weighted by Crippen LogP contribution is -2.53. The maximum absolute atomic E-state index is 13.1. The summed E-state index contributed by atoms with van der Waals surface area (Å²) in [4.78, 5) is 22.5. The van der Waals surface area contributed by atoms with Gasteiger partial charge in [-0.15, -0.1) is 11.3 Å². The van der Waals surface area contributed by atoms with Crippen molar-refractivity contribution in [2.24, 2.45) is 11.8 Å². The van der Waals surface area contributed by atoms with Gasteiger partial charge in [-0.1, -0.05) is 26.0 Å². The van der Waals surface area contributed by atoms with Crippen LogP contribution in [0.15, 0.2) is 24.3 Å². The second-order valence-corrected chi connectivity index (χ2v) is 9.78. The zero-order valence-electron chi connectivity index (χ0n) is 16.7. The molecule has 1 aromatic heterocycles. The summed E-state index contributed by atoms with van der Waals surface area (Å²) in [6, 6.07) is 8.36. The van der Waals surface area contributed by atoms with Crippen LogP contribution in [0.3, 0.4) is 0 Å². The van der Waals surface area contributed by atoms with Gasteiger partial charge in [-0.2, -0.15) is 0 Å². The molecule has 3 heterocycles. The molecule has 146 valence electrons. The van der Waals surface area contributed by atoms with Gasteiger partial charge in [0.15, 0.2) is 0 Å². The van der Waals surface area contributed by atoms with E-state index in [0.717, 1.165) is 38.1 Å². The summed E-state index contributed by atoms with van der Waals surface area (Å²) in [6.07, 6.45) is 3.56. The maximum atomic E-state index is 13.1. The number of aromatic nitrogens is 1. The highest BCUT2D eigenvalue weighted by Gasteiger charge is 2.34. The number of para-hydroxylation sites is 1. The third-order valence-electron chi connectivity index (χ3n) is 6.20. The predicted molar refractivity (Wildman–Crippen MR) is 112 cm³/mol. The Morgan fingerprint density at radius 2 is 1.93 bits per heavy atom. The van der Waals surface area contributed by atoms with E-state index in [0.29, 0.717) is 23.7 Å². The minimum Gasteiger partial charge on any atom is -0.341 e.